The zero-order valence-electron chi connectivity index (χ0n) is 16.6. The highest BCUT2D eigenvalue weighted by Crippen LogP contribution is 2.26. The van der Waals surface area contributed by atoms with Crippen molar-refractivity contribution in [2.45, 2.75) is 12.8 Å². The van der Waals surface area contributed by atoms with Crippen LogP contribution in [-0.2, 0) is 9.59 Å². The van der Waals surface area contributed by atoms with E-state index in [-0.39, 0.29) is 17.7 Å². The van der Waals surface area contributed by atoms with Crippen LogP contribution in [0.4, 0.5) is 5.69 Å². The number of nitrogens with zero attached hydrogens (tertiary/aromatic N) is 2. The number of pyridine rings is 1. The lowest BCUT2D eigenvalue weighted by Crippen LogP contribution is -2.40. The number of benzene rings is 1. The molecular formula is C22H25N3O4. The fourth-order valence-corrected chi connectivity index (χ4v) is 3.26. The predicted octanol–water partition coefficient (Wildman–Crippen LogP) is 2.99. The van der Waals surface area contributed by atoms with Crippen LogP contribution in [0.2, 0.25) is 0 Å². The van der Waals surface area contributed by atoms with Crippen LogP contribution in [0.5, 0.6) is 11.5 Å². The van der Waals surface area contributed by atoms with Gasteiger partial charge < -0.3 is 19.7 Å². The summed E-state index contributed by atoms with van der Waals surface area (Å²) in [5.41, 5.74) is 1.54. The number of aromatic nitrogens is 1. The quantitative estimate of drug-likeness (QED) is 0.761. The molecule has 2 amide bonds. The molecule has 1 N–H and O–H groups in total. The topological polar surface area (TPSA) is 80.8 Å². The van der Waals surface area contributed by atoms with Gasteiger partial charge in [-0.15, -0.1) is 0 Å². The molecule has 0 unspecified atom stereocenters. The Kier molecular flexibility index (Phi) is 6.84. The Hall–Kier alpha value is -3.35. The van der Waals surface area contributed by atoms with E-state index in [1.165, 1.54) is 0 Å². The number of likely N-dealkylation sites (tertiary alicyclic amines) is 1. The van der Waals surface area contributed by atoms with Gasteiger partial charge in [0.1, 0.15) is 11.5 Å². The number of amides is 2. The highest BCUT2D eigenvalue weighted by Gasteiger charge is 2.26. The van der Waals surface area contributed by atoms with Gasteiger partial charge in [0.2, 0.25) is 11.8 Å². The van der Waals surface area contributed by atoms with Gasteiger partial charge in [-0.1, -0.05) is 0 Å². The molecule has 1 fully saturated rings. The van der Waals surface area contributed by atoms with E-state index in [4.69, 9.17) is 9.47 Å². The van der Waals surface area contributed by atoms with Gasteiger partial charge in [0.25, 0.3) is 0 Å². The van der Waals surface area contributed by atoms with Crippen LogP contribution in [0, 0.1) is 5.92 Å². The van der Waals surface area contributed by atoms with Gasteiger partial charge in [0.05, 0.1) is 14.2 Å². The van der Waals surface area contributed by atoms with Crippen molar-refractivity contribution in [3.8, 4) is 11.5 Å². The van der Waals surface area contributed by atoms with Gasteiger partial charge in [-0.2, -0.15) is 0 Å². The Labute approximate surface area is 170 Å². The molecule has 29 heavy (non-hydrogen) atoms. The zero-order valence-corrected chi connectivity index (χ0v) is 16.6. The molecule has 1 aliphatic heterocycles. The largest absolute Gasteiger partial charge is 0.497 e. The molecule has 3 rings (SSSR count). The molecule has 1 saturated heterocycles. The number of methoxy groups -OCH3 is 2. The number of carbonyl (C=O) groups excluding carboxylic acids is 2. The van der Waals surface area contributed by atoms with E-state index >= 15 is 0 Å². The summed E-state index contributed by atoms with van der Waals surface area (Å²) in [4.78, 5) is 30.6. The van der Waals surface area contributed by atoms with E-state index in [0.29, 0.717) is 37.4 Å². The first kappa shape index (κ1) is 20.4. The minimum absolute atomic E-state index is 0.0122. The highest BCUT2D eigenvalue weighted by atomic mass is 16.5. The van der Waals surface area contributed by atoms with Crippen LogP contribution in [-0.4, -0.2) is 49.0 Å². The lowest BCUT2D eigenvalue weighted by Gasteiger charge is -2.30. The highest BCUT2D eigenvalue weighted by molar-refractivity contribution is 5.94. The van der Waals surface area contributed by atoms with Crippen molar-refractivity contribution in [1.82, 2.24) is 9.88 Å². The number of hydrogen-bond donors (Lipinski definition) is 1. The summed E-state index contributed by atoms with van der Waals surface area (Å²) in [6.45, 7) is 1.11. The Morgan fingerprint density at radius 3 is 2.48 bits per heavy atom. The van der Waals surface area contributed by atoms with Crippen molar-refractivity contribution >= 4 is 23.6 Å². The second-order valence-electron chi connectivity index (χ2n) is 6.77. The van der Waals surface area contributed by atoms with Crippen molar-refractivity contribution in [1.29, 1.82) is 0 Å². The second kappa shape index (κ2) is 9.73. The first-order valence-corrected chi connectivity index (χ1v) is 9.50. The minimum Gasteiger partial charge on any atom is -0.497 e. The molecule has 0 bridgehead atoms. The fraction of sp³-hybridized carbons (Fsp3) is 0.318. The average molecular weight is 395 g/mol. The van der Waals surface area contributed by atoms with E-state index in [2.05, 4.69) is 10.3 Å². The number of carbonyl (C=O) groups is 2. The number of hydrogen-bond acceptors (Lipinski definition) is 5. The molecule has 1 aliphatic rings. The van der Waals surface area contributed by atoms with Crippen molar-refractivity contribution in [3.63, 3.8) is 0 Å². The third-order valence-electron chi connectivity index (χ3n) is 4.97. The van der Waals surface area contributed by atoms with Crippen molar-refractivity contribution < 1.29 is 19.1 Å². The summed E-state index contributed by atoms with van der Waals surface area (Å²) in [6.07, 6.45) is 7.84. The van der Waals surface area contributed by atoms with Gasteiger partial charge >= 0.3 is 0 Å². The fourth-order valence-electron chi connectivity index (χ4n) is 3.26. The standard InChI is InChI=1S/C22H25N3O4/c1-28-19-5-3-16(20(15-19)29-2)4-6-21(26)25-13-9-17(10-14-25)22(27)24-18-7-11-23-12-8-18/h3-8,11-12,15,17H,9-10,13-14H2,1-2H3,(H,23,24,27)/b6-4+. The summed E-state index contributed by atoms with van der Waals surface area (Å²) in [7, 11) is 3.17. The van der Waals surface area contributed by atoms with Gasteiger partial charge in [0.15, 0.2) is 0 Å². The minimum atomic E-state index is -0.0992. The van der Waals surface area contributed by atoms with Gasteiger partial charge in [-0.05, 0) is 43.2 Å². The molecule has 1 aromatic heterocycles. The number of ether oxygens (including phenoxy) is 2. The third kappa shape index (κ3) is 5.34. The van der Waals surface area contributed by atoms with Crippen molar-refractivity contribution in [2.75, 3.05) is 32.6 Å². The van der Waals surface area contributed by atoms with Gasteiger partial charge in [-0.3, -0.25) is 14.6 Å². The Morgan fingerprint density at radius 1 is 1.10 bits per heavy atom. The van der Waals surface area contributed by atoms with Crippen LogP contribution in [0.25, 0.3) is 6.08 Å². The summed E-state index contributed by atoms with van der Waals surface area (Å²) >= 11 is 0. The molecular weight excluding hydrogens is 370 g/mol. The van der Waals surface area contributed by atoms with Crippen LogP contribution in [0.1, 0.15) is 18.4 Å². The molecule has 2 aromatic rings. The lowest BCUT2D eigenvalue weighted by atomic mass is 9.95. The molecule has 152 valence electrons. The summed E-state index contributed by atoms with van der Waals surface area (Å²) in [6, 6.07) is 8.96. The predicted molar refractivity (Wildman–Crippen MR) is 111 cm³/mol. The normalized spacial score (nSPS) is 14.6. The van der Waals surface area contributed by atoms with Crippen LogP contribution >= 0.6 is 0 Å². The van der Waals surface area contributed by atoms with Gasteiger partial charge in [-0.25, -0.2) is 0 Å². The van der Waals surface area contributed by atoms with E-state index in [1.54, 1.807) is 61.9 Å². The Balaban J connectivity index is 1.53. The second-order valence-corrected chi connectivity index (χ2v) is 6.77. The van der Waals surface area contributed by atoms with Crippen LogP contribution in [0.15, 0.2) is 48.8 Å². The van der Waals surface area contributed by atoms with Crippen LogP contribution < -0.4 is 14.8 Å². The molecule has 0 radical (unpaired) electrons. The number of rotatable bonds is 6. The molecule has 7 nitrogen and oxygen atoms in total. The number of anilines is 1. The molecule has 1 aromatic carbocycles. The zero-order chi connectivity index (χ0) is 20.6. The molecule has 7 heteroatoms. The first-order chi connectivity index (χ1) is 14.1. The molecule has 0 atom stereocenters. The molecule has 0 saturated carbocycles. The molecule has 0 aliphatic carbocycles. The van der Waals surface area contributed by atoms with Crippen molar-refractivity contribution in [2.24, 2.45) is 5.92 Å². The SMILES string of the molecule is COc1ccc(/C=C/C(=O)N2CCC(C(=O)Nc3ccncc3)CC2)c(OC)c1. The lowest BCUT2D eigenvalue weighted by molar-refractivity contribution is -0.130. The van der Waals surface area contributed by atoms with Crippen molar-refractivity contribution in [3.05, 3.63) is 54.4 Å². The summed E-state index contributed by atoms with van der Waals surface area (Å²) < 4.78 is 10.5. The smallest absolute Gasteiger partial charge is 0.246 e. The summed E-state index contributed by atoms with van der Waals surface area (Å²) in [5, 5.41) is 2.90. The van der Waals surface area contributed by atoms with E-state index in [1.807, 2.05) is 12.1 Å². The summed E-state index contributed by atoms with van der Waals surface area (Å²) in [5.74, 6) is 1.15. The van der Waals surface area contributed by atoms with E-state index in [9.17, 15) is 9.59 Å². The monoisotopic (exact) mass is 395 g/mol. The first-order valence-electron chi connectivity index (χ1n) is 9.50. The maximum absolute atomic E-state index is 12.5. The van der Waals surface area contributed by atoms with Gasteiger partial charge in [0, 0.05) is 54.8 Å². The Bertz CT molecular complexity index is 875. The maximum atomic E-state index is 12.5. The number of piperidine rings is 1. The molecule has 0 spiro atoms. The molecule has 2 heterocycles. The van der Waals surface area contributed by atoms with E-state index in [0.717, 1.165) is 11.3 Å². The Morgan fingerprint density at radius 2 is 1.83 bits per heavy atom. The number of nitrogens with one attached hydrogen (secondary N) is 1. The van der Waals surface area contributed by atoms with E-state index < -0.39 is 0 Å². The van der Waals surface area contributed by atoms with Crippen LogP contribution in [0.3, 0.4) is 0 Å². The third-order valence-corrected chi connectivity index (χ3v) is 4.97. The average Bonchev–Trinajstić information content (AvgIpc) is 2.78. The maximum Gasteiger partial charge on any atom is 0.246 e.